The van der Waals surface area contributed by atoms with Crippen LogP contribution in [0.1, 0.15) is 18.9 Å². The van der Waals surface area contributed by atoms with Crippen LogP contribution < -0.4 is 10.6 Å². The fraction of sp³-hybridized carbons (Fsp3) is 0.250. The van der Waals surface area contributed by atoms with Gasteiger partial charge >= 0.3 is 0 Å². The standard InChI is InChI=1S/C16H18ClFN2/c1-2-10-20(16-9-4-3-8-15(16)19)11-12-13(17)6-5-7-14(12)18/h3-9H,2,10-11,19H2,1H3. The van der Waals surface area contributed by atoms with Crippen LogP contribution >= 0.6 is 11.6 Å². The number of hydrogen-bond acceptors (Lipinski definition) is 2. The molecule has 106 valence electrons. The molecule has 0 bridgehead atoms. The van der Waals surface area contributed by atoms with Gasteiger partial charge in [0, 0.05) is 23.7 Å². The summed E-state index contributed by atoms with van der Waals surface area (Å²) in [7, 11) is 0. The van der Waals surface area contributed by atoms with E-state index in [2.05, 4.69) is 11.8 Å². The summed E-state index contributed by atoms with van der Waals surface area (Å²) in [6, 6.07) is 12.4. The van der Waals surface area contributed by atoms with Gasteiger partial charge in [-0.3, -0.25) is 0 Å². The Balaban J connectivity index is 2.33. The molecule has 2 N–H and O–H groups in total. The second-order valence-electron chi connectivity index (χ2n) is 4.68. The average Bonchev–Trinajstić information content (AvgIpc) is 2.43. The zero-order valence-electron chi connectivity index (χ0n) is 11.4. The molecule has 0 aliphatic heterocycles. The maximum atomic E-state index is 13.9. The fourth-order valence-corrected chi connectivity index (χ4v) is 2.43. The van der Waals surface area contributed by atoms with E-state index in [4.69, 9.17) is 17.3 Å². The van der Waals surface area contributed by atoms with Gasteiger partial charge in [0.2, 0.25) is 0 Å². The molecule has 2 aromatic rings. The van der Waals surface area contributed by atoms with E-state index in [-0.39, 0.29) is 5.82 Å². The van der Waals surface area contributed by atoms with Crippen molar-refractivity contribution < 1.29 is 4.39 Å². The number of rotatable bonds is 5. The van der Waals surface area contributed by atoms with E-state index >= 15 is 0 Å². The van der Waals surface area contributed by atoms with Gasteiger partial charge in [-0.1, -0.05) is 36.7 Å². The van der Waals surface area contributed by atoms with Gasteiger partial charge in [0.15, 0.2) is 0 Å². The molecule has 2 aromatic carbocycles. The van der Waals surface area contributed by atoms with Crippen LogP contribution in [0.2, 0.25) is 5.02 Å². The molecular formula is C16H18ClFN2. The minimum atomic E-state index is -0.284. The van der Waals surface area contributed by atoms with E-state index in [0.29, 0.717) is 22.8 Å². The van der Waals surface area contributed by atoms with E-state index in [9.17, 15) is 4.39 Å². The van der Waals surface area contributed by atoms with Crippen LogP contribution in [0.15, 0.2) is 42.5 Å². The average molecular weight is 293 g/mol. The third-order valence-electron chi connectivity index (χ3n) is 3.18. The first-order valence-electron chi connectivity index (χ1n) is 6.65. The van der Waals surface area contributed by atoms with E-state index in [0.717, 1.165) is 18.7 Å². The van der Waals surface area contributed by atoms with Crippen molar-refractivity contribution in [2.45, 2.75) is 19.9 Å². The lowest BCUT2D eigenvalue weighted by molar-refractivity contribution is 0.603. The Hall–Kier alpha value is -1.74. The Morgan fingerprint density at radius 2 is 1.90 bits per heavy atom. The highest BCUT2D eigenvalue weighted by atomic mass is 35.5. The van der Waals surface area contributed by atoms with E-state index in [1.54, 1.807) is 12.1 Å². The smallest absolute Gasteiger partial charge is 0.129 e. The van der Waals surface area contributed by atoms with Gasteiger partial charge in [-0.25, -0.2) is 4.39 Å². The second-order valence-corrected chi connectivity index (χ2v) is 5.09. The molecule has 0 atom stereocenters. The molecule has 0 fully saturated rings. The van der Waals surface area contributed by atoms with Gasteiger partial charge in [0.05, 0.1) is 11.4 Å². The SMILES string of the molecule is CCCN(Cc1c(F)cccc1Cl)c1ccccc1N. The molecular weight excluding hydrogens is 275 g/mol. The maximum absolute atomic E-state index is 13.9. The summed E-state index contributed by atoms with van der Waals surface area (Å²) in [4.78, 5) is 2.06. The summed E-state index contributed by atoms with van der Waals surface area (Å²) in [5.41, 5.74) is 8.12. The Bertz CT molecular complexity index is 566. The van der Waals surface area contributed by atoms with Crippen LogP contribution in [0.5, 0.6) is 0 Å². The van der Waals surface area contributed by atoms with Crippen molar-refractivity contribution in [1.82, 2.24) is 0 Å². The molecule has 20 heavy (non-hydrogen) atoms. The van der Waals surface area contributed by atoms with Gasteiger partial charge in [0.1, 0.15) is 5.82 Å². The molecule has 0 spiro atoms. The van der Waals surface area contributed by atoms with E-state index < -0.39 is 0 Å². The third kappa shape index (κ3) is 3.23. The molecule has 4 heteroatoms. The predicted molar refractivity (Wildman–Crippen MR) is 83.6 cm³/mol. The summed E-state index contributed by atoms with van der Waals surface area (Å²) >= 11 is 6.10. The van der Waals surface area contributed by atoms with Gasteiger partial charge in [0.25, 0.3) is 0 Å². The highest BCUT2D eigenvalue weighted by Crippen LogP contribution is 2.27. The Morgan fingerprint density at radius 3 is 2.55 bits per heavy atom. The molecule has 2 rings (SSSR count). The zero-order valence-corrected chi connectivity index (χ0v) is 12.2. The molecule has 2 nitrogen and oxygen atoms in total. The van der Waals surface area contributed by atoms with E-state index in [1.165, 1.54) is 6.07 Å². The van der Waals surface area contributed by atoms with Crippen LogP contribution in [0, 0.1) is 5.82 Å². The van der Waals surface area contributed by atoms with Crippen molar-refractivity contribution in [1.29, 1.82) is 0 Å². The number of nitrogen functional groups attached to an aromatic ring is 1. The van der Waals surface area contributed by atoms with Gasteiger partial charge in [-0.05, 0) is 30.7 Å². The first-order chi connectivity index (χ1) is 9.63. The van der Waals surface area contributed by atoms with Crippen LogP contribution in [-0.2, 0) is 6.54 Å². The minimum absolute atomic E-state index is 0.284. The maximum Gasteiger partial charge on any atom is 0.129 e. The summed E-state index contributed by atoms with van der Waals surface area (Å²) in [6.07, 6.45) is 0.945. The first kappa shape index (κ1) is 14.7. The van der Waals surface area contributed by atoms with Crippen LogP contribution in [0.4, 0.5) is 15.8 Å². The van der Waals surface area contributed by atoms with Crippen molar-refractivity contribution in [2.24, 2.45) is 0 Å². The summed E-state index contributed by atoms with van der Waals surface area (Å²) in [6.45, 7) is 3.28. The van der Waals surface area contributed by atoms with E-state index in [1.807, 2.05) is 24.3 Å². The number of hydrogen-bond donors (Lipinski definition) is 1. The fourth-order valence-electron chi connectivity index (χ4n) is 2.20. The highest BCUT2D eigenvalue weighted by molar-refractivity contribution is 6.31. The summed E-state index contributed by atoms with van der Waals surface area (Å²) in [5, 5.41) is 0.445. The molecule has 0 aliphatic rings. The lowest BCUT2D eigenvalue weighted by Crippen LogP contribution is -2.25. The number of halogens is 2. The molecule has 0 radical (unpaired) electrons. The quantitative estimate of drug-likeness (QED) is 0.823. The third-order valence-corrected chi connectivity index (χ3v) is 3.54. The van der Waals surface area contributed by atoms with Crippen molar-refractivity contribution in [2.75, 3.05) is 17.2 Å². The predicted octanol–water partition coefficient (Wildman–Crippen LogP) is 4.48. The van der Waals surface area contributed by atoms with Gasteiger partial charge in [-0.15, -0.1) is 0 Å². The number of anilines is 2. The van der Waals surface area contributed by atoms with Crippen molar-refractivity contribution in [3.05, 3.63) is 58.9 Å². The normalized spacial score (nSPS) is 10.6. The van der Waals surface area contributed by atoms with Crippen LogP contribution in [-0.4, -0.2) is 6.54 Å². The molecule has 0 aromatic heterocycles. The number of para-hydroxylation sites is 2. The minimum Gasteiger partial charge on any atom is -0.397 e. The molecule has 0 aliphatic carbocycles. The zero-order chi connectivity index (χ0) is 14.5. The molecule has 0 amide bonds. The molecule has 0 saturated heterocycles. The summed E-state index contributed by atoms with van der Waals surface area (Å²) in [5.74, 6) is -0.284. The lowest BCUT2D eigenvalue weighted by atomic mass is 10.1. The van der Waals surface area contributed by atoms with Crippen molar-refractivity contribution in [3.8, 4) is 0 Å². The lowest BCUT2D eigenvalue weighted by Gasteiger charge is -2.26. The molecule has 0 saturated carbocycles. The van der Waals surface area contributed by atoms with Crippen LogP contribution in [0.25, 0.3) is 0 Å². The molecule has 0 unspecified atom stereocenters. The van der Waals surface area contributed by atoms with Gasteiger partial charge < -0.3 is 10.6 Å². The topological polar surface area (TPSA) is 29.3 Å². The summed E-state index contributed by atoms with van der Waals surface area (Å²) < 4.78 is 13.9. The second kappa shape index (κ2) is 6.62. The number of nitrogens with zero attached hydrogens (tertiary/aromatic N) is 1. The Labute approximate surface area is 124 Å². The number of benzene rings is 2. The van der Waals surface area contributed by atoms with Crippen molar-refractivity contribution in [3.63, 3.8) is 0 Å². The largest absolute Gasteiger partial charge is 0.397 e. The monoisotopic (exact) mass is 292 g/mol. The van der Waals surface area contributed by atoms with Gasteiger partial charge in [-0.2, -0.15) is 0 Å². The molecule has 0 heterocycles. The Morgan fingerprint density at radius 1 is 1.15 bits per heavy atom. The van der Waals surface area contributed by atoms with Crippen LogP contribution in [0.3, 0.4) is 0 Å². The van der Waals surface area contributed by atoms with Crippen molar-refractivity contribution >= 4 is 23.0 Å². The first-order valence-corrected chi connectivity index (χ1v) is 7.03. The Kier molecular flexibility index (Phi) is 4.85. The highest BCUT2D eigenvalue weighted by Gasteiger charge is 2.14. The number of nitrogens with two attached hydrogens (primary N) is 1.